The lowest BCUT2D eigenvalue weighted by molar-refractivity contribution is 0.0608. The minimum absolute atomic E-state index is 0. The number of aryl methyl sites for hydroxylation is 1. The highest BCUT2D eigenvalue weighted by molar-refractivity contribution is 6.33. The third kappa shape index (κ3) is 3.48. The zero-order valence-electron chi connectivity index (χ0n) is 14.9. The Bertz CT molecular complexity index is 789. The van der Waals surface area contributed by atoms with Crippen LogP contribution in [0.2, 0.25) is 5.02 Å². The molecule has 1 N–H and O–H groups in total. The second-order valence-electron chi connectivity index (χ2n) is 7.26. The fraction of sp³-hybridized carbons (Fsp3) is 0.474. The molecule has 1 spiro atoms. The van der Waals surface area contributed by atoms with E-state index in [1.165, 1.54) is 6.42 Å². The van der Waals surface area contributed by atoms with Gasteiger partial charge in [-0.1, -0.05) is 29.8 Å². The summed E-state index contributed by atoms with van der Waals surface area (Å²) in [6, 6.07) is 7.55. The first-order valence-corrected chi connectivity index (χ1v) is 9.24. The molecule has 1 aromatic heterocycles. The van der Waals surface area contributed by atoms with Crippen molar-refractivity contribution in [3.8, 4) is 11.3 Å². The number of hydrogen-bond donors (Lipinski definition) is 1. The number of nitrogens with one attached hydrogen (secondary N) is 1. The molecule has 2 aliphatic rings. The molecule has 0 bridgehead atoms. The van der Waals surface area contributed by atoms with Gasteiger partial charge in [-0.15, -0.1) is 12.4 Å². The molecule has 2 aromatic rings. The Balaban J connectivity index is 0.00000196. The summed E-state index contributed by atoms with van der Waals surface area (Å²) < 4.78 is 1.69. The van der Waals surface area contributed by atoms with E-state index >= 15 is 0 Å². The van der Waals surface area contributed by atoms with Gasteiger partial charge in [-0.05, 0) is 37.3 Å². The van der Waals surface area contributed by atoms with Crippen LogP contribution in [0, 0.1) is 5.41 Å². The molecule has 1 aromatic carbocycles. The van der Waals surface area contributed by atoms with Crippen LogP contribution in [0.5, 0.6) is 0 Å². The van der Waals surface area contributed by atoms with E-state index in [0.717, 1.165) is 44.6 Å². The average Bonchev–Trinajstić information content (AvgIpc) is 3.22. The van der Waals surface area contributed by atoms with Gasteiger partial charge < -0.3 is 10.2 Å². The Morgan fingerprint density at radius 1 is 1.23 bits per heavy atom. The summed E-state index contributed by atoms with van der Waals surface area (Å²) in [6.07, 6.45) is 5.19. The molecular weight excluding hydrogens is 371 g/mol. The van der Waals surface area contributed by atoms with E-state index in [-0.39, 0.29) is 18.3 Å². The van der Waals surface area contributed by atoms with E-state index in [9.17, 15) is 4.79 Å². The molecule has 4 rings (SSSR count). The quantitative estimate of drug-likeness (QED) is 0.848. The minimum atomic E-state index is 0. The zero-order chi connectivity index (χ0) is 17.4. The molecule has 0 unspecified atom stereocenters. The first kappa shape index (κ1) is 19.2. The third-order valence-corrected chi connectivity index (χ3v) is 5.96. The second kappa shape index (κ2) is 7.59. The topological polar surface area (TPSA) is 50.2 Å². The van der Waals surface area contributed by atoms with Crippen molar-refractivity contribution in [3.05, 3.63) is 41.0 Å². The van der Waals surface area contributed by atoms with E-state index in [1.807, 2.05) is 42.4 Å². The highest BCUT2D eigenvalue weighted by Crippen LogP contribution is 2.38. The fourth-order valence-electron chi connectivity index (χ4n) is 4.07. The number of halogens is 2. The van der Waals surface area contributed by atoms with Crippen molar-refractivity contribution in [1.29, 1.82) is 0 Å². The lowest BCUT2D eigenvalue weighted by Crippen LogP contribution is -2.44. The van der Waals surface area contributed by atoms with Crippen molar-refractivity contribution in [2.75, 3.05) is 26.2 Å². The fourth-order valence-corrected chi connectivity index (χ4v) is 4.30. The Morgan fingerprint density at radius 3 is 2.62 bits per heavy atom. The van der Waals surface area contributed by atoms with Gasteiger partial charge in [-0.25, -0.2) is 0 Å². The van der Waals surface area contributed by atoms with E-state index < -0.39 is 0 Å². The maximum atomic E-state index is 13.1. The van der Waals surface area contributed by atoms with Crippen molar-refractivity contribution in [2.24, 2.45) is 12.5 Å². The number of benzene rings is 1. The highest BCUT2D eigenvalue weighted by atomic mass is 35.5. The summed E-state index contributed by atoms with van der Waals surface area (Å²) in [5.74, 6) is 0.0591. The summed E-state index contributed by atoms with van der Waals surface area (Å²) >= 11 is 6.33. The van der Waals surface area contributed by atoms with E-state index in [1.54, 1.807) is 4.68 Å². The molecule has 0 radical (unpaired) electrons. The van der Waals surface area contributed by atoms with Gasteiger partial charge in [0, 0.05) is 38.4 Å². The van der Waals surface area contributed by atoms with Crippen LogP contribution in [-0.4, -0.2) is 46.8 Å². The van der Waals surface area contributed by atoms with Gasteiger partial charge in [0.25, 0.3) is 5.91 Å². The van der Waals surface area contributed by atoms with Crippen molar-refractivity contribution < 1.29 is 4.79 Å². The predicted molar refractivity (Wildman–Crippen MR) is 106 cm³/mol. The number of piperidine rings is 1. The lowest BCUT2D eigenvalue weighted by atomic mass is 9.78. The SMILES string of the molecule is Cl.Cn1cc(C(=O)N2CCC3(CCNC3)CC2)c(-c2ccccc2Cl)n1. The Kier molecular flexibility index (Phi) is 5.61. The van der Waals surface area contributed by atoms with Crippen molar-refractivity contribution in [1.82, 2.24) is 20.0 Å². The molecular formula is C19H24Cl2N4O. The second-order valence-corrected chi connectivity index (χ2v) is 7.67. The Hall–Kier alpha value is -1.56. The van der Waals surface area contributed by atoms with Gasteiger partial charge in [-0.3, -0.25) is 9.48 Å². The molecule has 140 valence electrons. The van der Waals surface area contributed by atoms with Crippen LogP contribution in [0.1, 0.15) is 29.6 Å². The highest BCUT2D eigenvalue weighted by Gasteiger charge is 2.38. The molecule has 0 atom stereocenters. The molecule has 0 aliphatic carbocycles. The summed E-state index contributed by atoms with van der Waals surface area (Å²) in [6.45, 7) is 3.83. The van der Waals surface area contributed by atoms with Crippen LogP contribution in [0.15, 0.2) is 30.5 Å². The molecule has 1 amide bonds. The van der Waals surface area contributed by atoms with Crippen molar-refractivity contribution in [3.63, 3.8) is 0 Å². The molecule has 2 aliphatic heterocycles. The summed E-state index contributed by atoms with van der Waals surface area (Å²) in [7, 11) is 1.84. The number of carbonyl (C=O) groups excluding carboxylic acids is 1. The number of carbonyl (C=O) groups is 1. The maximum Gasteiger partial charge on any atom is 0.257 e. The number of hydrogen-bond acceptors (Lipinski definition) is 3. The molecule has 3 heterocycles. The smallest absolute Gasteiger partial charge is 0.257 e. The third-order valence-electron chi connectivity index (χ3n) is 5.63. The molecule has 2 saturated heterocycles. The largest absolute Gasteiger partial charge is 0.338 e. The number of amides is 1. The van der Waals surface area contributed by atoms with Gasteiger partial charge in [0.1, 0.15) is 5.69 Å². The van der Waals surface area contributed by atoms with Gasteiger partial charge >= 0.3 is 0 Å². The lowest BCUT2D eigenvalue weighted by Gasteiger charge is -2.38. The molecule has 5 nitrogen and oxygen atoms in total. The summed E-state index contributed by atoms with van der Waals surface area (Å²) in [4.78, 5) is 15.1. The van der Waals surface area contributed by atoms with Crippen LogP contribution in [0.4, 0.5) is 0 Å². The predicted octanol–water partition coefficient (Wildman–Crippen LogP) is 3.38. The van der Waals surface area contributed by atoms with Crippen molar-refractivity contribution in [2.45, 2.75) is 19.3 Å². The number of rotatable bonds is 2. The van der Waals surface area contributed by atoms with Crippen molar-refractivity contribution >= 4 is 29.9 Å². The first-order valence-electron chi connectivity index (χ1n) is 8.87. The van der Waals surface area contributed by atoms with Gasteiger partial charge in [-0.2, -0.15) is 5.10 Å². The Morgan fingerprint density at radius 2 is 1.96 bits per heavy atom. The van der Waals surface area contributed by atoms with Gasteiger partial charge in [0.05, 0.1) is 10.6 Å². The first-order chi connectivity index (χ1) is 12.1. The average molecular weight is 395 g/mol. The maximum absolute atomic E-state index is 13.1. The van der Waals surface area contributed by atoms with E-state index in [2.05, 4.69) is 10.4 Å². The standard InChI is InChI=1S/C19H23ClN4O.ClH/c1-23-12-15(17(22-23)14-4-2-3-5-16(14)20)18(25)24-10-7-19(8-11-24)6-9-21-13-19;/h2-5,12,21H,6-11,13H2,1H3;1H. The zero-order valence-corrected chi connectivity index (χ0v) is 16.4. The van der Waals surface area contributed by atoms with Crippen LogP contribution >= 0.6 is 24.0 Å². The number of aromatic nitrogens is 2. The van der Waals surface area contributed by atoms with Gasteiger partial charge in [0.2, 0.25) is 0 Å². The van der Waals surface area contributed by atoms with Crippen LogP contribution < -0.4 is 5.32 Å². The Labute approximate surface area is 165 Å². The van der Waals surface area contributed by atoms with Gasteiger partial charge in [0.15, 0.2) is 0 Å². The van der Waals surface area contributed by atoms with Crippen LogP contribution in [0.3, 0.4) is 0 Å². The molecule has 26 heavy (non-hydrogen) atoms. The summed E-state index contributed by atoms with van der Waals surface area (Å²) in [5.41, 5.74) is 2.51. The minimum Gasteiger partial charge on any atom is -0.338 e. The normalized spacial score (nSPS) is 18.8. The molecule has 0 saturated carbocycles. The number of nitrogens with zero attached hydrogens (tertiary/aromatic N) is 3. The monoisotopic (exact) mass is 394 g/mol. The molecule has 7 heteroatoms. The van der Waals surface area contributed by atoms with Crippen LogP contribution in [-0.2, 0) is 7.05 Å². The van der Waals surface area contributed by atoms with Crippen LogP contribution in [0.25, 0.3) is 11.3 Å². The summed E-state index contributed by atoms with van der Waals surface area (Å²) in [5, 5.41) is 8.59. The van der Waals surface area contributed by atoms with E-state index in [0.29, 0.717) is 21.7 Å². The molecule has 2 fully saturated rings. The number of likely N-dealkylation sites (tertiary alicyclic amines) is 1. The van der Waals surface area contributed by atoms with E-state index in [4.69, 9.17) is 11.6 Å².